The van der Waals surface area contributed by atoms with Crippen molar-refractivity contribution in [3.05, 3.63) is 75.6 Å². The summed E-state index contributed by atoms with van der Waals surface area (Å²) < 4.78 is 12.3. The van der Waals surface area contributed by atoms with Crippen LogP contribution in [-0.4, -0.2) is 29.6 Å². The van der Waals surface area contributed by atoms with Crippen LogP contribution in [0.4, 0.5) is 5.00 Å². The van der Waals surface area contributed by atoms with Gasteiger partial charge in [-0.25, -0.2) is 0 Å². The van der Waals surface area contributed by atoms with Gasteiger partial charge in [-0.15, -0.1) is 11.3 Å². The van der Waals surface area contributed by atoms with Crippen LogP contribution in [0.1, 0.15) is 34.3 Å². The Morgan fingerprint density at radius 3 is 2.33 bits per heavy atom. The molecule has 0 bridgehead atoms. The molecule has 0 radical (unpaired) electrons. The quantitative estimate of drug-likeness (QED) is 0.580. The zero-order chi connectivity index (χ0) is 20.7. The van der Waals surface area contributed by atoms with Crippen molar-refractivity contribution in [3.8, 4) is 11.5 Å². The molecule has 0 aliphatic carbocycles. The summed E-state index contributed by atoms with van der Waals surface area (Å²) in [5, 5.41) is 3.14. The van der Waals surface area contributed by atoms with E-state index in [4.69, 9.17) is 26.8 Å². The molecule has 1 saturated heterocycles. The highest BCUT2D eigenvalue weighted by Gasteiger charge is 2.44. The number of likely N-dealkylation sites (tertiary alicyclic amines) is 1. The second kappa shape index (κ2) is 7.61. The van der Waals surface area contributed by atoms with Crippen LogP contribution >= 0.6 is 22.9 Å². The third-order valence-corrected chi connectivity index (χ3v) is 6.79. The number of nitrogens with two attached hydrogens (primary N) is 1. The number of para-hydroxylation sites is 2. The molecule has 154 valence electrons. The molecule has 2 aromatic carbocycles. The van der Waals surface area contributed by atoms with E-state index >= 15 is 0 Å². The highest BCUT2D eigenvalue weighted by molar-refractivity contribution is 7.14. The van der Waals surface area contributed by atoms with Crippen LogP contribution in [0.3, 0.4) is 0 Å². The molecule has 30 heavy (non-hydrogen) atoms. The maximum absolute atomic E-state index is 13.1. The second-order valence-electron chi connectivity index (χ2n) is 7.67. The Hall–Kier alpha value is -2.54. The first-order valence-corrected chi connectivity index (χ1v) is 11.1. The largest absolute Gasteiger partial charge is 0.448 e. The molecule has 1 spiro atoms. The van der Waals surface area contributed by atoms with Crippen molar-refractivity contribution in [3.63, 3.8) is 0 Å². The molecule has 0 saturated carbocycles. The summed E-state index contributed by atoms with van der Waals surface area (Å²) in [6.45, 7) is 2.31. The summed E-state index contributed by atoms with van der Waals surface area (Å²) in [7, 11) is 0. The number of carbonyl (C=O) groups excluding carboxylic acids is 1. The molecule has 5 rings (SSSR count). The van der Waals surface area contributed by atoms with Crippen LogP contribution in [0.5, 0.6) is 11.5 Å². The second-order valence-corrected chi connectivity index (χ2v) is 9.02. The number of hydrogen-bond donors (Lipinski definition) is 1. The van der Waals surface area contributed by atoms with E-state index in [1.807, 2.05) is 29.6 Å². The molecule has 2 N–H and O–H groups in total. The number of nitrogens with zero attached hydrogens (tertiary/aromatic N) is 1. The molecule has 0 amide bonds. The van der Waals surface area contributed by atoms with Crippen LogP contribution in [-0.2, 0) is 6.54 Å². The van der Waals surface area contributed by atoms with Crippen molar-refractivity contribution >= 4 is 33.7 Å². The SMILES string of the molecule is Nc1scc(CN2CCC3(CC2)Oc2ccccc2O3)c1C(=O)c1ccc(Cl)cc1. The lowest BCUT2D eigenvalue weighted by Crippen LogP contribution is -2.49. The van der Waals surface area contributed by atoms with Crippen LogP contribution in [0.25, 0.3) is 0 Å². The summed E-state index contributed by atoms with van der Waals surface area (Å²) in [6, 6.07) is 14.7. The predicted octanol–water partition coefficient (Wildman–Crippen LogP) is 4.98. The molecule has 5 nitrogen and oxygen atoms in total. The number of anilines is 1. The van der Waals surface area contributed by atoms with Crippen LogP contribution in [0.2, 0.25) is 5.02 Å². The van der Waals surface area contributed by atoms with Gasteiger partial charge in [0.15, 0.2) is 17.3 Å². The van der Waals surface area contributed by atoms with Gasteiger partial charge in [0.1, 0.15) is 0 Å². The molecule has 3 aromatic rings. The van der Waals surface area contributed by atoms with Crippen LogP contribution < -0.4 is 15.2 Å². The zero-order valence-corrected chi connectivity index (χ0v) is 17.8. The predicted molar refractivity (Wildman–Crippen MR) is 119 cm³/mol. The molecule has 2 aliphatic heterocycles. The highest BCUT2D eigenvalue weighted by Crippen LogP contribution is 2.43. The standard InChI is InChI=1S/C23H21ClN2O3S/c24-17-7-5-15(6-8-17)21(27)20-16(14-30-22(20)25)13-26-11-9-23(10-12-26)28-18-3-1-2-4-19(18)29-23/h1-8,14H,9-13,25H2. The number of piperidine rings is 1. The molecule has 1 aromatic heterocycles. The van der Waals surface area contributed by atoms with Crippen molar-refractivity contribution in [1.29, 1.82) is 0 Å². The van der Waals surface area contributed by atoms with E-state index in [1.54, 1.807) is 24.3 Å². The Kier molecular flexibility index (Phi) is 4.93. The van der Waals surface area contributed by atoms with Crippen molar-refractivity contribution in [2.24, 2.45) is 0 Å². The topological polar surface area (TPSA) is 64.8 Å². The van der Waals surface area contributed by atoms with Gasteiger partial charge in [-0.1, -0.05) is 23.7 Å². The Morgan fingerprint density at radius 2 is 1.70 bits per heavy atom. The minimum Gasteiger partial charge on any atom is -0.448 e. The lowest BCUT2D eigenvalue weighted by Gasteiger charge is -2.37. The smallest absolute Gasteiger partial charge is 0.254 e. The Bertz CT molecular complexity index is 1060. The molecule has 1 fully saturated rings. The number of halogens is 1. The minimum atomic E-state index is -0.574. The number of fused-ring (bicyclic) bond motifs is 1. The number of rotatable bonds is 4. The number of benzene rings is 2. The average molecular weight is 441 g/mol. The van der Waals surface area contributed by atoms with E-state index in [0.717, 1.165) is 43.0 Å². The zero-order valence-electron chi connectivity index (χ0n) is 16.3. The van der Waals surface area contributed by atoms with Gasteiger partial charge in [0.2, 0.25) is 0 Å². The molecular weight excluding hydrogens is 420 g/mol. The average Bonchev–Trinajstić information content (AvgIpc) is 3.29. The lowest BCUT2D eigenvalue weighted by molar-refractivity contribution is -0.119. The number of nitrogen functional groups attached to an aromatic ring is 1. The highest BCUT2D eigenvalue weighted by atomic mass is 35.5. The summed E-state index contributed by atoms with van der Waals surface area (Å²) >= 11 is 7.36. The lowest BCUT2D eigenvalue weighted by atomic mass is 9.99. The fourth-order valence-corrected chi connectivity index (χ4v) is 5.00. The maximum atomic E-state index is 13.1. The first-order chi connectivity index (χ1) is 14.5. The van der Waals surface area contributed by atoms with E-state index in [-0.39, 0.29) is 5.78 Å². The summed E-state index contributed by atoms with van der Waals surface area (Å²) in [5.41, 5.74) is 8.33. The van der Waals surface area contributed by atoms with E-state index in [1.165, 1.54) is 11.3 Å². The van der Waals surface area contributed by atoms with Crippen molar-refractivity contribution in [1.82, 2.24) is 4.90 Å². The maximum Gasteiger partial charge on any atom is 0.254 e. The van der Waals surface area contributed by atoms with Crippen molar-refractivity contribution < 1.29 is 14.3 Å². The molecule has 0 atom stereocenters. The Morgan fingerprint density at radius 1 is 1.07 bits per heavy atom. The summed E-state index contributed by atoms with van der Waals surface area (Å²) in [6.07, 6.45) is 1.53. The number of carbonyl (C=O) groups is 1. The third kappa shape index (κ3) is 3.55. The first-order valence-electron chi connectivity index (χ1n) is 9.88. The fourth-order valence-electron chi connectivity index (χ4n) is 4.07. The van der Waals surface area contributed by atoms with Gasteiger partial charge in [0.25, 0.3) is 5.79 Å². The number of ketones is 1. The normalized spacial score (nSPS) is 17.4. The van der Waals surface area contributed by atoms with Gasteiger partial charge in [-0.3, -0.25) is 9.69 Å². The minimum absolute atomic E-state index is 0.0631. The van der Waals surface area contributed by atoms with E-state index in [9.17, 15) is 4.79 Å². The first kappa shape index (κ1) is 19.4. The van der Waals surface area contributed by atoms with E-state index in [2.05, 4.69) is 4.90 Å². The van der Waals surface area contributed by atoms with Gasteiger partial charge in [-0.05, 0) is 47.3 Å². The monoisotopic (exact) mass is 440 g/mol. The summed E-state index contributed by atoms with van der Waals surface area (Å²) in [4.78, 5) is 15.4. The van der Waals surface area contributed by atoms with E-state index < -0.39 is 5.79 Å². The van der Waals surface area contributed by atoms with Gasteiger partial charge in [0.05, 0.1) is 10.6 Å². The fraction of sp³-hybridized carbons (Fsp3) is 0.261. The Balaban J connectivity index is 1.28. The molecule has 2 aliphatic rings. The number of thiophene rings is 1. The third-order valence-electron chi connectivity index (χ3n) is 5.68. The van der Waals surface area contributed by atoms with Crippen LogP contribution in [0, 0.1) is 0 Å². The van der Waals surface area contributed by atoms with Crippen LogP contribution in [0.15, 0.2) is 53.9 Å². The molecule has 3 heterocycles. The van der Waals surface area contributed by atoms with Crippen molar-refractivity contribution in [2.45, 2.75) is 25.2 Å². The number of ether oxygens (including phenoxy) is 2. The van der Waals surface area contributed by atoms with Crippen molar-refractivity contribution in [2.75, 3.05) is 18.8 Å². The van der Waals surface area contributed by atoms with Gasteiger partial charge in [0, 0.05) is 43.1 Å². The Labute approximate surface area is 184 Å². The van der Waals surface area contributed by atoms with Gasteiger partial charge < -0.3 is 15.2 Å². The molecular formula is C23H21ClN2O3S. The number of hydrogen-bond acceptors (Lipinski definition) is 6. The van der Waals surface area contributed by atoms with E-state index in [0.29, 0.717) is 27.7 Å². The molecule has 7 heteroatoms. The van der Waals surface area contributed by atoms with Gasteiger partial charge >= 0.3 is 0 Å². The van der Waals surface area contributed by atoms with Gasteiger partial charge in [-0.2, -0.15) is 0 Å². The summed E-state index contributed by atoms with van der Waals surface area (Å²) in [5.74, 6) is 0.988. The molecule has 0 unspecified atom stereocenters.